The predicted octanol–water partition coefficient (Wildman–Crippen LogP) is 3.49. The summed E-state index contributed by atoms with van der Waals surface area (Å²) in [7, 11) is 1.93. The Morgan fingerprint density at radius 2 is 2.04 bits per heavy atom. The summed E-state index contributed by atoms with van der Waals surface area (Å²) in [6.45, 7) is 11.7. The largest absolute Gasteiger partial charge is 0.494 e. The Labute approximate surface area is 145 Å². The van der Waals surface area contributed by atoms with Crippen molar-refractivity contribution in [3.63, 3.8) is 0 Å². The molecule has 1 aliphatic rings. The van der Waals surface area contributed by atoms with Gasteiger partial charge >= 0.3 is 6.09 Å². The third-order valence-corrected chi connectivity index (χ3v) is 4.07. The number of carbonyl (C=O) groups is 1. The minimum Gasteiger partial charge on any atom is -0.494 e. The molecule has 2 rings (SSSR count). The molecule has 0 bridgehead atoms. The topological polar surface area (TPSA) is 50.8 Å². The SMILES string of the molecule is CCOc1cc2c(cc1CNC)CC(C)N(C(=O)OC(C)(C)C)C2. The van der Waals surface area contributed by atoms with E-state index in [4.69, 9.17) is 9.47 Å². The van der Waals surface area contributed by atoms with Crippen LogP contribution in [-0.2, 0) is 24.2 Å². The fraction of sp³-hybridized carbons (Fsp3) is 0.632. The van der Waals surface area contributed by atoms with Gasteiger partial charge in [0, 0.05) is 24.7 Å². The second-order valence-electron chi connectivity index (χ2n) is 7.35. The first-order chi connectivity index (χ1) is 11.2. The van der Waals surface area contributed by atoms with Gasteiger partial charge in [0.1, 0.15) is 11.4 Å². The Kier molecular flexibility index (Phi) is 5.75. The zero-order chi connectivity index (χ0) is 17.9. The standard InChI is InChI=1S/C19H30N2O3/c1-7-23-17-10-16-12-21(18(22)24-19(3,4)5)13(2)8-14(16)9-15(17)11-20-6/h9-10,13,20H,7-8,11-12H2,1-6H3. The van der Waals surface area contributed by atoms with Crippen LogP contribution in [0.4, 0.5) is 4.79 Å². The Morgan fingerprint density at radius 3 is 2.62 bits per heavy atom. The molecule has 0 saturated carbocycles. The maximum atomic E-state index is 12.5. The molecular weight excluding hydrogens is 304 g/mol. The number of benzene rings is 1. The summed E-state index contributed by atoms with van der Waals surface area (Å²) in [4.78, 5) is 14.3. The van der Waals surface area contributed by atoms with Gasteiger partial charge in [0.25, 0.3) is 0 Å². The molecule has 0 saturated heterocycles. The van der Waals surface area contributed by atoms with Crippen LogP contribution >= 0.6 is 0 Å². The zero-order valence-corrected chi connectivity index (χ0v) is 15.7. The van der Waals surface area contributed by atoms with E-state index < -0.39 is 5.60 Å². The number of rotatable bonds is 4. The average molecular weight is 334 g/mol. The average Bonchev–Trinajstić information content (AvgIpc) is 2.46. The lowest BCUT2D eigenvalue weighted by molar-refractivity contribution is 0.0138. The van der Waals surface area contributed by atoms with E-state index in [1.54, 1.807) is 4.90 Å². The van der Waals surface area contributed by atoms with Crippen LogP contribution in [0, 0.1) is 0 Å². The molecule has 0 aliphatic carbocycles. The van der Waals surface area contributed by atoms with Gasteiger partial charge in [0.15, 0.2) is 0 Å². The number of fused-ring (bicyclic) bond motifs is 1. The lowest BCUT2D eigenvalue weighted by Gasteiger charge is -2.36. The molecule has 1 atom stereocenters. The molecule has 24 heavy (non-hydrogen) atoms. The lowest BCUT2D eigenvalue weighted by atomic mass is 9.92. The zero-order valence-electron chi connectivity index (χ0n) is 15.7. The van der Waals surface area contributed by atoms with Crippen LogP contribution in [0.2, 0.25) is 0 Å². The Bertz CT molecular complexity index is 593. The van der Waals surface area contributed by atoms with Gasteiger partial charge < -0.3 is 19.7 Å². The van der Waals surface area contributed by atoms with E-state index in [0.717, 1.165) is 29.8 Å². The molecule has 0 fully saturated rings. The van der Waals surface area contributed by atoms with E-state index in [2.05, 4.69) is 24.4 Å². The highest BCUT2D eigenvalue weighted by Crippen LogP contribution is 2.31. The van der Waals surface area contributed by atoms with Crippen molar-refractivity contribution in [1.82, 2.24) is 10.2 Å². The fourth-order valence-electron chi connectivity index (χ4n) is 3.01. The molecular formula is C19H30N2O3. The van der Waals surface area contributed by atoms with Crippen LogP contribution in [0.3, 0.4) is 0 Å². The normalized spacial score (nSPS) is 17.4. The molecule has 1 aromatic carbocycles. The first-order valence-corrected chi connectivity index (χ1v) is 8.66. The summed E-state index contributed by atoms with van der Waals surface area (Å²) < 4.78 is 11.3. The van der Waals surface area contributed by atoms with E-state index in [1.165, 1.54) is 5.56 Å². The minimum absolute atomic E-state index is 0.118. The van der Waals surface area contributed by atoms with Crippen LogP contribution < -0.4 is 10.1 Å². The van der Waals surface area contributed by atoms with Gasteiger partial charge in [-0.05, 0) is 65.3 Å². The molecule has 0 aromatic heterocycles. The molecule has 1 aromatic rings. The van der Waals surface area contributed by atoms with Gasteiger partial charge in [-0.2, -0.15) is 0 Å². The lowest BCUT2D eigenvalue weighted by Crippen LogP contribution is -2.45. The highest BCUT2D eigenvalue weighted by Gasteiger charge is 2.31. The van der Waals surface area contributed by atoms with Crippen molar-refractivity contribution in [3.8, 4) is 5.75 Å². The number of nitrogens with one attached hydrogen (secondary N) is 1. The molecule has 1 unspecified atom stereocenters. The summed E-state index contributed by atoms with van der Waals surface area (Å²) in [6, 6.07) is 4.40. The third-order valence-electron chi connectivity index (χ3n) is 4.07. The molecule has 1 amide bonds. The predicted molar refractivity (Wildman–Crippen MR) is 95.3 cm³/mol. The van der Waals surface area contributed by atoms with Crippen molar-refractivity contribution >= 4 is 6.09 Å². The van der Waals surface area contributed by atoms with E-state index in [9.17, 15) is 4.79 Å². The second-order valence-corrected chi connectivity index (χ2v) is 7.35. The maximum Gasteiger partial charge on any atom is 0.410 e. The van der Waals surface area contributed by atoms with Crippen LogP contribution in [0.25, 0.3) is 0 Å². The van der Waals surface area contributed by atoms with Crippen molar-refractivity contribution in [2.24, 2.45) is 0 Å². The number of hydrogen-bond acceptors (Lipinski definition) is 4. The fourth-order valence-corrected chi connectivity index (χ4v) is 3.01. The number of nitrogens with zero attached hydrogens (tertiary/aromatic N) is 1. The monoisotopic (exact) mass is 334 g/mol. The quantitative estimate of drug-likeness (QED) is 0.916. The molecule has 1 N–H and O–H groups in total. The first-order valence-electron chi connectivity index (χ1n) is 8.66. The van der Waals surface area contributed by atoms with E-state index >= 15 is 0 Å². The van der Waals surface area contributed by atoms with Crippen molar-refractivity contribution in [2.75, 3.05) is 13.7 Å². The summed E-state index contributed by atoms with van der Waals surface area (Å²) in [5, 5.41) is 3.19. The van der Waals surface area contributed by atoms with Gasteiger partial charge in [0.2, 0.25) is 0 Å². The molecule has 134 valence electrons. The summed E-state index contributed by atoms with van der Waals surface area (Å²) in [5.41, 5.74) is 3.11. The Hall–Kier alpha value is -1.75. The van der Waals surface area contributed by atoms with Crippen molar-refractivity contribution in [3.05, 3.63) is 28.8 Å². The van der Waals surface area contributed by atoms with E-state index in [0.29, 0.717) is 13.2 Å². The highest BCUT2D eigenvalue weighted by atomic mass is 16.6. The molecule has 1 heterocycles. The van der Waals surface area contributed by atoms with Gasteiger partial charge in [-0.3, -0.25) is 0 Å². The minimum atomic E-state index is -0.482. The Balaban J connectivity index is 2.27. The molecule has 0 radical (unpaired) electrons. The van der Waals surface area contributed by atoms with Crippen LogP contribution in [0.5, 0.6) is 5.75 Å². The van der Waals surface area contributed by atoms with Crippen molar-refractivity contribution in [1.29, 1.82) is 0 Å². The first kappa shape index (κ1) is 18.6. The number of hydrogen-bond donors (Lipinski definition) is 1. The molecule has 1 aliphatic heterocycles. The van der Waals surface area contributed by atoms with Gasteiger partial charge in [0.05, 0.1) is 6.61 Å². The number of ether oxygens (including phenoxy) is 2. The van der Waals surface area contributed by atoms with Crippen LogP contribution in [0.1, 0.15) is 51.3 Å². The molecule has 5 nitrogen and oxygen atoms in total. The van der Waals surface area contributed by atoms with Crippen molar-refractivity contribution < 1.29 is 14.3 Å². The summed E-state index contributed by atoms with van der Waals surface area (Å²) >= 11 is 0. The van der Waals surface area contributed by atoms with Crippen LogP contribution in [-0.4, -0.2) is 36.3 Å². The highest BCUT2D eigenvalue weighted by molar-refractivity contribution is 5.69. The number of amides is 1. The van der Waals surface area contributed by atoms with Gasteiger partial charge in [-0.25, -0.2) is 4.79 Å². The van der Waals surface area contributed by atoms with Crippen LogP contribution in [0.15, 0.2) is 12.1 Å². The third kappa shape index (κ3) is 4.41. The van der Waals surface area contributed by atoms with Gasteiger partial charge in [-0.15, -0.1) is 0 Å². The Morgan fingerprint density at radius 1 is 1.33 bits per heavy atom. The second kappa shape index (κ2) is 7.43. The van der Waals surface area contributed by atoms with E-state index in [1.807, 2.05) is 34.7 Å². The number of carbonyl (C=O) groups excluding carboxylic acids is 1. The maximum absolute atomic E-state index is 12.5. The van der Waals surface area contributed by atoms with Gasteiger partial charge in [-0.1, -0.05) is 6.07 Å². The summed E-state index contributed by atoms with van der Waals surface area (Å²) in [6.07, 6.45) is 0.579. The smallest absolute Gasteiger partial charge is 0.410 e. The van der Waals surface area contributed by atoms with E-state index in [-0.39, 0.29) is 12.1 Å². The molecule has 5 heteroatoms. The summed E-state index contributed by atoms with van der Waals surface area (Å²) in [5.74, 6) is 0.893. The molecule has 0 spiro atoms. The van der Waals surface area contributed by atoms with Crippen molar-refractivity contribution in [2.45, 2.75) is 65.8 Å².